The first-order valence-corrected chi connectivity index (χ1v) is 15.2. The molecule has 0 unspecified atom stereocenters. The summed E-state index contributed by atoms with van der Waals surface area (Å²) in [5.74, 6) is 0.0397. The summed E-state index contributed by atoms with van der Waals surface area (Å²) in [6.45, 7) is 11.8. The van der Waals surface area contributed by atoms with E-state index < -0.39 is 15.9 Å². The lowest BCUT2D eigenvalue weighted by Gasteiger charge is -2.27. The molecule has 0 saturated carbocycles. The summed E-state index contributed by atoms with van der Waals surface area (Å²) in [4.78, 5) is 28.3. The van der Waals surface area contributed by atoms with Crippen molar-refractivity contribution in [1.82, 2.24) is 4.72 Å². The minimum Gasteiger partial charge on any atom is -0.488 e. The minimum absolute atomic E-state index is 0.0387. The Morgan fingerprint density at radius 2 is 1.66 bits per heavy atom. The van der Waals surface area contributed by atoms with Gasteiger partial charge in [0.05, 0.1) is 10.6 Å². The van der Waals surface area contributed by atoms with Gasteiger partial charge >= 0.3 is 0 Å². The van der Waals surface area contributed by atoms with Gasteiger partial charge < -0.3 is 15.0 Å². The smallest absolute Gasteiger partial charge is 0.244 e. The monoisotopic (exact) mass is 579 g/mol. The second-order valence-corrected chi connectivity index (χ2v) is 13.0. The Bertz CT molecular complexity index is 1500. The van der Waals surface area contributed by atoms with Crippen LogP contribution in [-0.2, 0) is 31.6 Å². The lowest BCUT2D eigenvalue weighted by atomic mass is 9.86. The number of carbonyl (C=O) groups excluding carboxylic acids is 2. The number of ether oxygens (including phenoxy) is 1. The Labute approximate surface area is 244 Å². The maximum Gasteiger partial charge on any atom is 0.244 e. The van der Waals surface area contributed by atoms with Crippen LogP contribution < -0.4 is 19.7 Å². The van der Waals surface area contributed by atoms with Crippen molar-refractivity contribution in [2.45, 2.75) is 71.3 Å². The van der Waals surface area contributed by atoms with Crippen LogP contribution in [0, 0.1) is 13.8 Å². The van der Waals surface area contributed by atoms with Crippen LogP contribution in [0.1, 0.15) is 62.8 Å². The van der Waals surface area contributed by atoms with Gasteiger partial charge in [-0.25, -0.2) is 13.1 Å². The minimum atomic E-state index is -3.73. The molecule has 0 radical (unpaired) electrons. The van der Waals surface area contributed by atoms with Gasteiger partial charge in [0.2, 0.25) is 21.8 Å². The highest BCUT2D eigenvalue weighted by atomic mass is 32.2. The number of sulfonamides is 1. The summed E-state index contributed by atoms with van der Waals surface area (Å²) < 4.78 is 33.5. The van der Waals surface area contributed by atoms with E-state index in [2.05, 4.69) is 10.0 Å². The number of rotatable bonds is 11. The Balaban J connectivity index is 1.96. The number of benzene rings is 3. The van der Waals surface area contributed by atoms with Gasteiger partial charge in [0, 0.05) is 17.7 Å². The number of hydrogen-bond donors (Lipinski definition) is 2. The van der Waals surface area contributed by atoms with Crippen LogP contribution in [0.4, 0.5) is 11.4 Å². The van der Waals surface area contributed by atoms with Gasteiger partial charge in [-0.3, -0.25) is 9.59 Å². The quantitative estimate of drug-likeness (QED) is 0.296. The molecule has 8 nitrogen and oxygen atoms in total. The molecule has 220 valence electrons. The standard InChI is InChI=1S/C32H41N3O5S/c1-8-12-30(37)35(28-18-15-22(2)31(23(28)3)40-21-24-13-10-9-11-14-24)20-29(36)34-27-19-25(41(38,39)33-7)16-17-26(27)32(4,5)6/h9-11,13-19,33H,8,12,20-21H2,1-7H3,(H,34,36). The zero-order valence-corrected chi connectivity index (χ0v) is 25.8. The molecule has 0 spiro atoms. The number of carbonyl (C=O) groups is 2. The second-order valence-electron chi connectivity index (χ2n) is 11.1. The molecule has 3 aromatic rings. The molecule has 0 bridgehead atoms. The first-order chi connectivity index (χ1) is 19.3. The van der Waals surface area contributed by atoms with Crippen molar-refractivity contribution in [2.75, 3.05) is 23.8 Å². The number of amides is 2. The number of anilines is 2. The molecule has 0 fully saturated rings. The number of hydrogen-bond acceptors (Lipinski definition) is 5. The lowest BCUT2D eigenvalue weighted by molar-refractivity contribution is -0.121. The average Bonchev–Trinajstić information content (AvgIpc) is 2.92. The van der Waals surface area contributed by atoms with Gasteiger partial charge in [-0.05, 0) is 67.6 Å². The van der Waals surface area contributed by atoms with Crippen molar-refractivity contribution in [3.8, 4) is 5.75 Å². The summed E-state index contributed by atoms with van der Waals surface area (Å²) in [5.41, 5.74) is 4.08. The van der Waals surface area contributed by atoms with E-state index in [4.69, 9.17) is 4.74 Å². The molecular weight excluding hydrogens is 538 g/mol. The van der Waals surface area contributed by atoms with E-state index >= 15 is 0 Å². The molecule has 0 heterocycles. The molecule has 0 aliphatic carbocycles. The number of nitrogens with one attached hydrogen (secondary N) is 2. The van der Waals surface area contributed by atoms with Gasteiger partial charge in [0.15, 0.2) is 0 Å². The van der Waals surface area contributed by atoms with Crippen molar-refractivity contribution < 1.29 is 22.7 Å². The largest absolute Gasteiger partial charge is 0.488 e. The number of aryl methyl sites for hydroxylation is 1. The predicted molar refractivity (Wildman–Crippen MR) is 164 cm³/mol. The Hall–Kier alpha value is -3.69. The van der Waals surface area contributed by atoms with E-state index in [-0.39, 0.29) is 29.2 Å². The van der Waals surface area contributed by atoms with Gasteiger partial charge in [0.1, 0.15) is 18.9 Å². The van der Waals surface area contributed by atoms with Crippen molar-refractivity contribution >= 4 is 33.2 Å². The summed E-state index contributed by atoms with van der Waals surface area (Å²) >= 11 is 0. The Morgan fingerprint density at radius 3 is 2.27 bits per heavy atom. The summed E-state index contributed by atoms with van der Waals surface area (Å²) in [6, 6.07) is 18.2. The Kier molecular flexibility index (Phi) is 10.3. The highest BCUT2D eigenvalue weighted by Gasteiger charge is 2.26. The van der Waals surface area contributed by atoms with Gasteiger partial charge in [-0.2, -0.15) is 0 Å². The second kappa shape index (κ2) is 13.3. The molecule has 0 aliphatic rings. The van der Waals surface area contributed by atoms with E-state index in [0.29, 0.717) is 30.2 Å². The van der Waals surface area contributed by atoms with Crippen molar-refractivity contribution in [3.05, 3.63) is 82.9 Å². The molecular formula is C32H41N3O5S. The fourth-order valence-corrected chi connectivity index (χ4v) is 5.37. The molecule has 0 atom stereocenters. The van der Waals surface area contributed by atoms with Crippen molar-refractivity contribution in [2.24, 2.45) is 0 Å². The average molecular weight is 580 g/mol. The van der Waals surface area contributed by atoms with E-state index in [1.807, 2.05) is 84.0 Å². The number of nitrogens with zero attached hydrogens (tertiary/aromatic N) is 1. The fraction of sp³-hybridized carbons (Fsp3) is 0.375. The van der Waals surface area contributed by atoms with E-state index in [1.165, 1.54) is 24.1 Å². The molecule has 41 heavy (non-hydrogen) atoms. The van der Waals surface area contributed by atoms with Crippen LogP contribution in [0.15, 0.2) is 65.6 Å². The fourth-order valence-electron chi connectivity index (χ4n) is 4.62. The zero-order valence-electron chi connectivity index (χ0n) is 25.0. The van der Waals surface area contributed by atoms with Crippen LogP contribution in [0.3, 0.4) is 0 Å². The normalized spacial score (nSPS) is 11.7. The van der Waals surface area contributed by atoms with Crippen LogP contribution >= 0.6 is 0 Å². The molecule has 0 saturated heterocycles. The SMILES string of the molecule is CCCC(=O)N(CC(=O)Nc1cc(S(=O)(=O)NC)ccc1C(C)(C)C)c1ccc(C)c(OCc2ccccc2)c1C. The first-order valence-electron chi connectivity index (χ1n) is 13.7. The third kappa shape index (κ3) is 7.95. The molecule has 3 rings (SSSR count). The Morgan fingerprint density at radius 1 is 0.976 bits per heavy atom. The highest BCUT2D eigenvalue weighted by Crippen LogP contribution is 2.34. The maximum atomic E-state index is 13.5. The molecule has 9 heteroatoms. The molecule has 2 amide bonds. The first kappa shape index (κ1) is 31.8. The topological polar surface area (TPSA) is 105 Å². The molecule has 3 aromatic carbocycles. The summed E-state index contributed by atoms with van der Waals surface area (Å²) in [5, 5.41) is 2.89. The summed E-state index contributed by atoms with van der Waals surface area (Å²) in [7, 11) is -2.39. The van der Waals surface area contributed by atoms with Crippen LogP contribution in [0.2, 0.25) is 0 Å². The van der Waals surface area contributed by atoms with Crippen LogP contribution in [-0.4, -0.2) is 33.8 Å². The molecule has 0 aliphatic heterocycles. The zero-order chi connectivity index (χ0) is 30.4. The van der Waals surface area contributed by atoms with Crippen LogP contribution in [0.5, 0.6) is 5.75 Å². The van der Waals surface area contributed by atoms with Gasteiger partial charge in [-0.1, -0.05) is 70.2 Å². The third-order valence-electron chi connectivity index (χ3n) is 6.81. The third-order valence-corrected chi connectivity index (χ3v) is 8.22. The predicted octanol–water partition coefficient (Wildman–Crippen LogP) is 5.86. The van der Waals surface area contributed by atoms with Crippen molar-refractivity contribution in [1.29, 1.82) is 0 Å². The molecule has 0 aromatic heterocycles. The van der Waals surface area contributed by atoms with E-state index in [9.17, 15) is 18.0 Å². The van der Waals surface area contributed by atoms with Gasteiger partial charge in [0.25, 0.3) is 0 Å². The molecule has 2 N–H and O–H groups in total. The highest BCUT2D eigenvalue weighted by molar-refractivity contribution is 7.89. The van der Waals surface area contributed by atoms with Crippen LogP contribution in [0.25, 0.3) is 0 Å². The van der Waals surface area contributed by atoms with E-state index in [1.54, 1.807) is 6.07 Å². The maximum absolute atomic E-state index is 13.5. The van der Waals surface area contributed by atoms with E-state index in [0.717, 1.165) is 22.3 Å². The van der Waals surface area contributed by atoms with Crippen molar-refractivity contribution in [3.63, 3.8) is 0 Å². The summed E-state index contributed by atoms with van der Waals surface area (Å²) in [6.07, 6.45) is 0.890. The van der Waals surface area contributed by atoms with Gasteiger partial charge in [-0.15, -0.1) is 0 Å². The lowest BCUT2D eigenvalue weighted by Crippen LogP contribution is -2.38.